The molecule has 1 aliphatic rings. The van der Waals surface area contributed by atoms with Gasteiger partial charge < -0.3 is 9.47 Å². The van der Waals surface area contributed by atoms with Crippen molar-refractivity contribution in [3.63, 3.8) is 0 Å². The molecule has 4 rings (SSSR count). The van der Waals surface area contributed by atoms with Crippen LogP contribution in [0.15, 0.2) is 76.4 Å². The van der Waals surface area contributed by atoms with Gasteiger partial charge in [-0.05, 0) is 30.4 Å². The first-order valence-corrected chi connectivity index (χ1v) is 11.3. The number of H-pyrrole nitrogens is 1. The van der Waals surface area contributed by atoms with Crippen molar-refractivity contribution in [3.8, 4) is 0 Å². The third-order valence-electron chi connectivity index (χ3n) is 6.17. The molecule has 1 aliphatic carbocycles. The monoisotopic (exact) mass is 434 g/mol. The Labute approximate surface area is 187 Å². The Morgan fingerprint density at radius 1 is 0.938 bits per heavy atom. The quantitative estimate of drug-likeness (QED) is 0.555. The molecule has 6 heteroatoms. The summed E-state index contributed by atoms with van der Waals surface area (Å²) in [7, 11) is 0. The summed E-state index contributed by atoms with van der Waals surface area (Å²) < 4.78 is 14.0. The highest BCUT2D eigenvalue weighted by Crippen LogP contribution is 2.37. The SMILES string of the molecule is CCc1cn([C@@H]2C[C@H](COCc3ccccc3)[C@@H](OCc3ccccc3)C2)c(=O)[nH]c1=O. The second-order valence-corrected chi connectivity index (χ2v) is 8.40. The average molecular weight is 435 g/mol. The Kier molecular flexibility index (Phi) is 7.35. The summed E-state index contributed by atoms with van der Waals surface area (Å²) in [6.45, 7) is 3.55. The zero-order valence-electron chi connectivity index (χ0n) is 18.4. The molecule has 1 saturated carbocycles. The largest absolute Gasteiger partial charge is 0.376 e. The Hall–Kier alpha value is -2.96. The lowest BCUT2D eigenvalue weighted by atomic mass is 10.1. The van der Waals surface area contributed by atoms with Crippen molar-refractivity contribution in [2.75, 3.05) is 6.61 Å². The van der Waals surface area contributed by atoms with E-state index in [-0.39, 0.29) is 29.3 Å². The van der Waals surface area contributed by atoms with Crippen LogP contribution in [0.5, 0.6) is 0 Å². The number of hydrogen-bond donors (Lipinski definition) is 1. The molecule has 0 spiro atoms. The molecule has 1 fully saturated rings. The van der Waals surface area contributed by atoms with E-state index in [4.69, 9.17) is 9.47 Å². The molecule has 168 valence electrons. The van der Waals surface area contributed by atoms with Gasteiger partial charge in [0.2, 0.25) is 0 Å². The van der Waals surface area contributed by atoms with E-state index >= 15 is 0 Å². The van der Waals surface area contributed by atoms with Gasteiger partial charge in [0.1, 0.15) is 0 Å². The molecule has 32 heavy (non-hydrogen) atoms. The highest BCUT2D eigenvalue weighted by Gasteiger charge is 2.36. The molecular weight excluding hydrogens is 404 g/mol. The van der Waals surface area contributed by atoms with Crippen LogP contribution < -0.4 is 11.2 Å². The van der Waals surface area contributed by atoms with Crippen LogP contribution in [0, 0.1) is 5.92 Å². The van der Waals surface area contributed by atoms with Crippen LogP contribution in [0.2, 0.25) is 0 Å². The summed E-state index contributed by atoms with van der Waals surface area (Å²) in [6, 6.07) is 20.2. The third-order valence-corrected chi connectivity index (χ3v) is 6.17. The number of aromatic amines is 1. The summed E-state index contributed by atoms with van der Waals surface area (Å²) >= 11 is 0. The fraction of sp³-hybridized carbons (Fsp3) is 0.385. The second kappa shape index (κ2) is 10.6. The number of aromatic nitrogens is 2. The number of hydrogen-bond acceptors (Lipinski definition) is 4. The van der Waals surface area contributed by atoms with Gasteiger partial charge in [-0.2, -0.15) is 0 Å². The lowest BCUT2D eigenvalue weighted by molar-refractivity contribution is -0.0190. The molecule has 1 aromatic heterocycles. The van der Waals surface area contributed by atoms with Gasteiger partial charge in [-0.1, -0.05) is 67.6 Å². The molecule has 3 aromatic rings. The van der Waals surface area contributed by atoms with E-state index in [1.807, 2.05) is 67.6 Å². The average Bonchev–Trinajstić information content (AvgIpc) is 3.22. The zero-order chi connectivity index (χ0) is 22.3. The van der Waals surface area contributed by atoms with Crippen LogP contribution in [0.3, 0.4) is 0 Å². The fourth-order valence-corrected chi connectivity index (χ4v) is 4.39. The molecule has 2 aromatic carbocycles. The van der Waals surface area contributed by atoms with Crippen LogP contribution in [0.1, 0.15) is 42.5 Å². The molecule has 0 bridgehead atoms. The van der Waals surface area contributed by atoms with Crippen molar-refractivity contribution in [2.24, 2.45) is 5.92 Å². The van der Waals surface area contributed by atoms with Crippen LogP contribution in [-0.4, -0.2) is 22.3 Å². The lowest BCUT2D eigenvalue weighted by Gasteiger charge is -2.20. The minimum absolute atomic E-state index is 0.0279. The van der Waals surface area contributed by atoms with Crippen LogP contribution in [-0.2, 0) is 29.1 Å². The maximum atomic E-state index is 12.5. The van der Waals surface area contributed by atoms with Crippen molar-refractivity contribution in [1.29, 1.82) is 0 Å². The van der Waals surface area contributed by atoms with Gasteiger partial charge in [0.15, 0.2) is 0 Å². The number of rotatable bonds is 9. The van der Waals surface area contributed by atoms with Crippen molar-refractivity contribution >= 4 is 0 Å². The van der Waals surface area contributed by atoms with Gasteiger partial charge in [-0.3, -0.25) is 14.3 Å². The fourth-order valence-electron chi connectivity index (χ4n) is 4.39. The Bertz CT molecular complexity index is 1110. The number of aryl methyl sites for hydroxylation is 1. The van der Waals surface area contributed by atoms with Crippen molar-refractivity contribution in [2.45, 2.75) is 51.5 Å². The molecule has 6 nitrogen and oxygen atoms in total. The molecule has 1 heterocycles. The highest BCUT2D eigenvalue weighted by molar-refractivity contribution is 5.14. The maximum Gasteiger partial charge on any atom is 0.328 e. The van der Waals surface area contributed by atoms with Crippen LogP contribution in [0.25, 0.3) is 0 Å². The molecule has 0 aliphatic heterocycles. The molecular formula is C26H30N2O4. The van der Waals surface area contributed by atoms with Crippen molar-refractivity contribution < 1.29 is 9.47 Å². The standard InChI is InChI=1S/C26H30N2O4/c1-2-21-15-28(26(30)27-25(21)29)23-13-22(18-31-16-19-9-5-3-6-10-19)24(14-23)32-17-20-11-7-4-8-12-20/h3-12,15,22-24H,2,13-14,16-18H2,1H3,(H,27,29,30)/t22-,23-,24+/m1/s1. The lowest BCUT2D eigenvalue weighted by Crippen LogP contribution is -2.33. The zero-order valence-corrected chi connectivity index (χ0v) is 18.4. The smallest absolute Gasteiger partial charge is 0.328 e. The first-order chi connectivity index (χ1) is 15.6. The van der Waals surface area contributed by atoms with E-state index in [1.165, 1.54) is 0 Å². The molecule has 0 saturated heterocycles. The summed E-state index contributed by atoms with van der Waals surface area (Å²) in [4.78, 5) is 27.0. The Balaban J connectivity index is 1.47. The second-order valence-electron chi connectivity index (χ2n) is 8.40. The van der Waals surface area contributed by atoms with E-state index < -0.39 is 0 Å². The number of ether oxygens (including phenoxy) is 2. The van der Waals surface area contributed by atoms with Crippen molar-refractivity contribution in [3.05, 3.63) is 104 Å². The predicted octanol–water partition coefficient (Wildman–Crippen LogP) is 3.85. The van der Waals surface area contributed by atoms with Crippen molar-refractivity contribution in [1.82, 2.24) is 9.55 Å². The minimum atomic E-state index is -0.357. The molecule has 0 unspecified atom stereocenters. The Morgan fingerprint density at radius 3 is 2.25 bits per heavy atom. The normalized spacial score (nSPS) is 20.5. The molecule has 1 N–H and O–H groups in total. The van der Waals surface area contributed by atoms with E-state index in [0.29, 0.717) is 38.2 Å². The summed E-state index contributed by atoms with van der Waals surface area (Å²) in [5.74, 6) is 0.163. The summed E-state index contributed by atoms with van der Waals surface area (Å²) in [5.41, 5.74) is 2.22. The maximum absolute atomic E-state index is 12.5. The van der Waals surface area contributed by atoms with Gasteiger partial charge in [-0.15, -0.1) is 0 Å². The number of nitrogens with zero attached hydrogens (tertiary/aromatic N) is 1. The number of nitrogens with one attached hydrogen (secondary N) is 1. The number of benzene rings is 2. The molecule has 3 atom stereocenters. The highest BCUT2D eigenvalue weighted by atomic mass is 16.5. The van der Waals surface area contributed by atoms with E-state index in [2.05, 4.69) is 4.98 Å². The molecule has 0 amide bonds. The third kappa shape index (κ3) is 5.44. The van der Waals surface area contributed by atoms with Gasteiger partial charge in [0, 0.05) is 23.7 Å². The predicted molar refractivity (Wildman–Crippen MR) is 124 cm³/mol. The Morgan fingerprint density at radius 2 is 1.59 bits per heavy atom. The summed E-state index contributed by atoms with van der Waals surface area (Å²) in [6.07, 6.45) is 3.75. The van der Waals surface area contributed by atoms with E-state index in [1.54, 1.807) is 10.8 Å². The summed E-state index contributed by atoms with van der Waals surface area (Å²) in [5, 5.41) is 0. The van der Waals surface area contributed by atoms with Gasteiger partial charge in [-0.25, -0.2) is 4.79 Å². The van der Waals surface area contributed by atoms with E-state index in [0.717, 1.165) is 17.5 Å². The van der Waals surface area contributed by atoms with Crippen LogP contribution in [0.4, 0.5) is 0 Å². The first kappa shape index (κ1) is 22.2. The topological polar surface area (TPSA) is 73.3 Å². The first-order valence-electron chi connectivity index (χ1n) is 11.3. The van der Waals surface area contributed by atoms with Gasteiger partial charge in [0.25, 0.3) is 5.56 Å². The van der Waals surface area contributed by atoms with Gasteiger partial charge in [0.05, 0.1) is 25.9 Å². The van der Waals surface area contributed by atoms with Crippen LogP contribution >= 0.6 is 0 Å². The van der Waals surface area contributed by atoms with E-state index in [9.17, 15) is 9.59 Å². The molecule has 0 radical (unpaired) electrons. The van der Waals surface area contributed by atoms with Gasteiger partial charge >= 0.3 is 5.69 Å². The minimum Gasteiger partial charge on any atom is -0.376 e.